The van der Waals surface area contributed by atoms with Crippen molar-refractivity contribution in [1.82, 2.24) is 14.9 Å². The Kier molecular flexibility index (Phi) is 6.94. The lowest BCUT2D eigenvalue weighted by atomic mass is 10.0. The van der Waals surface area contributed by atoms with Crippen LogP contribution in [0.25, 0.3) is 0 Å². The van der Waals surface area contributed by atoms with Crippen molar-refractivity contribution in [1.29, 1.82) is 0 Å². The molecule has 0 radical (unpaired) electrons. The van der Waals surface area contributed by atoms with Gasteiger partial charge in [0.25, 0.3) is 0 Å². The molecule has 98 valence electrons. The van der Waals surface area contributed by atoms with E-state index in [2.05, 4.69) is 35.8 Å². The summed E-state index contributed by atoms with van der Waals surface area (Å²) in [4.78, 5) is 4.38. The maximum absolute atomic E-state index is 4.38. The van der Waals surface area contributed by atoms with Gasteiger partial charge in [-0.1, -0.05) is 33.1 Å². The molecule has 3 heteroatoms. The molecule has 3 nitrogen and oxygen atoms in total. The fourth-order valence-corrected chi connectivity index (χ4v) is 2.22. The average Bonchev–Trinajstić information content (AvgIpc) is 2.72. The molecule has 0 saturated heterocycles. The van der Waals surface area contributed by atoms with Gasteiger partial charge in [0.2, 0.25) is 0 Å². The van der Waals surface area contributed by atoms with E-state index in [1.807, 2.05) is 12.4 Å². The van der Waals surface area contributed by atoms with Gasteiger partial charge in [0, 0.05) is 31.9 Å². The van der Waals surface area contributed by atoms with Gasteiger partial charge in [0.1, 0.15) is 5.82 Å². The Morgan fingerprint density at radius 1 is 1.29 bits per heavy atom. The van der Waals surface area contributed by atoms with Crippen LogP contribution in [0.3, 0.4) is 0 Å². The van der Waals surface area contributed by atoms with E-state index in [0.717, 1.165) is 13.0 Å². The molecular weight excluding hydrogens is 210 g/mol. The van der Waals surface area contributed by atoms with Gasteiger partial charge in [-0.05, 0) is 19.4 Å². The highest BCUT2D eigenvalue weighted by atomic mass is 15.0. The highest BCUT2D eigenvalue weighted by Gasteiger charge is 2.08. The molecule has 1 aromatic rings. The molecule has 1 rings (SSSR count). The van der Waals surface area contributed by atoms with Crippen molar-refractivity contribution in [2.45, 2.75) is 58.4 Å². The Bertz CT molecular complexity index is 293. The second-order valence-corrected chi connectivity index (χ2v) is 4.74. The van der Waals surface area contributed by atoms with Crippen molar-refractivity contribution in [3.05, 3.63) is 18.2 Å². The van der Waals surface area contributed by atoms with Crippen LogP contribution in [0.1, 0.15) is 51.8 Å². The lowest BCUT2D eigenvalue weighted by Crippen LogP contribution is -2.29. The van der Waals surface area contributed by atoms with Crippen molar-refractivity contribution in [3.63, 3.8) is 0 Å². The molecular formula is C14H27N3. The number of rotatable bonds is 9. The van der Waals surface area contributed by atoms with E-state index in [4.69, 9.17) is 0 Å². The van der Waals surface area contributed by atoms with Crippen LogP contribution in [-0.4, -0.2) is 22.1 Å². The smallest absolute Gasteiger partial charge is 0.108 e. The minimum atomic E-state index is 0.656. The summed E-state index contributed by atoms with van der Waals surface area (Å²) in [6.07, 6.45) is 11.5. The van der Waals surface area contributed by atoms with E-state index in [1.54, 1.807) is 0 Å². The number of nitrogens with zero attached hydrogens (tertiary/aromatic N) is 2. The first kappa shape index (κ1) is 14.2. The largest absolute Gasteiger partial charge is 0.338 e. The number of hydrogen-bond donors (Lipinski definition) is 1. The Labute approximate surface area is 106 Å². The third-order valence-corrected chi connectivity index (χ3v) is 3.29. The quantitative estimate of drug-likeness (QED) is 0.669. The Hall–Kier alpha value is -0.830. The zero-order valence-corrected chi connectivity index (χ0v) is 11.6. The fourth-order valence-electron chi connectivity index (χ4n) is 2.22. The number of hydrogen-bond acceptors (Lipinski definition) is 2. The number of aromatic nitrogens is 2. The maximum Gasteiger partial charge on any atom is 0.108 e. The van der Waals surface area contributed by atoms with Crippen molar-refractivity contribution in [3.8, 4) is 0 Å². The number of aryl methyl sites for hydroxylation is 2. The summed E-state index contributed by atoms with van der Waals surface area (Å²) in [6.45, 7) is 5.51. The maximum atomic E-state index is 4.38. The van der Waals surface area contributed by atoms with Gasteiger partial charge in [-0.2, -0.15) is 0 Å². The van der Waals surface area contributed by atoms with Gasteiger partial charge in [-0.3, -0.25) is 0 Å². The van der Waals surface area contributed by atoms with E-state index in [-0.39, 0.29) is 0 Å². The molecule has 0 fully saturated rings. The fraction of sp³-hybridized carbons (Fsp3) is 0.786. The van der Waals surface area contributed by atoms with Crippen molar-refractivity contribution in [2.24, 2.45) is 7.05 Å². The summed E-state index contributed by atoms with van der Waals surface area (Å²) in [7, 11) is 2.07. The molecule has 17 heavy (non-hydrogen) atoms. The zero-order valence-electron chi connectivity index (χ0n) is 11.6. The van der Waals surface area contributed by atoms with Crippen LogP contribution < -0.4 is 5.32 Å². The van der Waals surface area contributed by atoms with Crippen molar-refractivity contribution >= 4 is 0 Å². The SMILES string of the molecule is CCCCCC(CCc1nccn1C)NCC. The highest BCUT2D eigenvalue weighted by Crippen LogP contribution is 2.09. The summed E-state index contributed by atoms with van der Waals surface area (Å²) in [5, 5.41) is 3.59. The van der Waals surface area contributed by atoms with Crippen LogP contribution in [0.2, 0.25) is 0 Å². The number of nitrogens with one attached hydrogen (secondary N) is 1. The molecule has 1 heterocycles. The molecule has 1 unspecified atom stereocenters. The first-order valence-corrected chi connectivity index (χ1v) is 6.97. The van der Waals surface area contributed by atoms with Crippen LogP contribution in [0.4, 0.5) is 0 Å². The molecule has 0 aliphatic heterocycles. The second kappa shape index (κ2) is 8.29. The number of imidazole rings is 1. The van der Waals surface area contributed by atoms with Crippen LogP contribution in [0.5, 0.6) is 0 Å². The average molecular weight is 237 g/mol. The topological polar surface area (TPSA) is 29.9 Å². The molecule has 0 aliphatic rings. The molecule has 1 aromatic heterocycles. The van der Waals surface area contributed by atoms with Gasteiger partial charge in [-0.25, -0.2) is 4.98 Å². The monoisotopic (exact) mass is 237 g/mol. The van der Waals surface area contributed by atoms with Gasteiger partial charge < -0.3 is 9.88 Å². The standard InChI is InChI=1S/C14H27N3/c1-4-6-7-8-13(15-5-2)9-10-14-16-11-12-17(14)3/h11-13,15H,4-10H2,1-3H3. The molecule has 1 atom stereocenters. The third kappa shape index (κ3) is 5.35. The highest BCUT2D eigenvalue weighted by molar-refractivity contribution is 4.92. The lowest BCUT2D eigenvalue weighted by Gasteiger charge is -2.17. The van der Waals surface area contributed by atoms with E-state index < -0.39 is 0 Å². The van der Waals surface area contributed by atoms with Crippen LogP contribution in [0, 0.1) is 0 Å². The zero-order chi connectivity index (χ0) is 12.5. The first-order valence-electron chi connectivity index (χ1n) is 6.97. The third-order valence-electron chi connectivity index (χ3n) is 3.29. The van der Waals surface area contributed by atoms with Gasteiger partial charge in [0.15, 0.2) is 0 Å². The molecule has 0 aromatic carbocycles. The summed E-state index contributed by atoms with van der Waals surface area (Å²) >= 11 is 0. The Morgan fingerprint density at radius 2 is 2.12 bits per heavy atom. The van der Waals surface area contributed by atoms with Crippen molar-refractivity contribution < 1.29 is 0 Å². The predicted octanol–water partition coefficient (Wildman–Crippen LogP) is 2.91. The summed E-state index contributed by atoms with van der Waals surface area (Å²) in [5.41, 5.74) is 0. The molecule has 1 N–H and O–H groups in total. The number of unbranched alkanes of at least 4 members (excludes halogenated alkanes) is 2. The minimum absolute atomic E-state index is 0.656. The minimum Gasteiger partial charge on any atom is -0.338 e. The predicted molar refractivity (Wildman–Crippen MR) is 73.1 cm³/mol. The lowest BCUT2D eigenvalue weighted by molar-refractivity contribution is 0.439. The molecule has 0 aliphatic carbocycles. The van der Waals surface area contributed by atoms with Gasteiger partial charge in [-0.15, -0.1) is 0 Å². The first-order chi connectivity index (χ1) is 8.27. The normalized spacial score (nSPS) is 12.9. The Morgan fingerprint density at radius 3 is 2.71 bits per heavy atom. The summed E-state index contributed by atoms with van der Waals surface area (Å²) in [6, 6.07) is 0.656. The van der Waals surface area contributed by atoms with Crippen molar-refractivity contribution in [2.75, 3.05) is 6.54 Å². The van der Waals surface area contributed by atoms with E-state index in [9.17, 15) is 0 Å². The second-order valence-electron chi connectivity index (χ2n) is 4.74. The Balaban J connectivity index is 2.30. The summed E-state index contributed by atoms with van der Waals surface area (Å²) in [5.74, 6) is 1.20. The molecule has 0 saturated carbocycles. The van der Waals surface area contributed by atoms with E-state index >= 15 is 0 Å². The van der Waals surface area contributed by atoms with Crippen LogP contribution >= 0.6 is 0 Å². The van der Waals surface area contributed by atoms with Gasteiger partial charge >= 0.3 is 0 Å². The van der Waals surface area contributed by atoms with E-state index in [0.29, 0.717) is 6.04 Å². The van der Waals surface area contributed by atoms with Gasteiger partial charge in [0.05, 0.1) is 0 Å². The molecule has 0 amide bonds. The van der Waals surface area contributed by atoms with Crippen LogP contribution in [0.15, 0.2) is 12.4 Å². The van der Waals surface area contributed by atoms with Crippen LogP contribution in [-0.2, 0) is 13.5 Å². The molecule has 0 bridgehead atoms. The summed E-state index contributed by atoms with van der Waals surface area (Å²) < 4.78 is 2.12. The van der Waals surface area contributed by atoms with E-state index in [1.165, 1.54) is 37.9 Å². The molecule has 0 spiro atoms.